The Morgan fingerprint density at radius 3 is 2.75 bits per heavy atom. The van der Waals surface area contributed by atoms with Crippen LogP contribution >= 0.6 is 0 Å². The van der Waals surface area contributed by atoms with Gasteiger partial charge in [0.15, 0.2) is 0 Å². The summed E-state index contributed by atoms with van der Waals surface area (Å²) in [7, 11) is 3.29. The third-order valence-electron chi connectivity index (χ3n) is 3.84. The van der Waals surface area contributed by atoms with Crippen LogP contribution in [0.4, 0.5) is 0 Å². The third kappa shape index (κ3) is 2.85. The number of hydrogen-bond acceptors (Lipinski definition) is 5. The minimum Gasteiger partial charge on any atom is -0.496 e. The molecule has 2 aromatic heterocycles. The van der Waals surface area contributed by atoms with Gasteiger partial charge in [-0.05, 0) is 25.1 Å². The first kappa shape index (κ1) is 15.7. The molecule has 3 rings (SSSR count). The van der Waals surface area contributed by atoms with Gasteiger partial charge in [0.25, 0.3) is 0 Å². The average Bonchev–Trinajstić information content (AvgIpc) is 3.22. The molecule has 0 fully saturated rings. The van der Waals surface area contributed by atoms with Gasteiger partial charge in [-0.15, -0.1) is 5.10 Å². The number of aromatic carboxylic acids is 1. The minimum atomic E-state index is -1.05. The van der Waals surface area contributed by atoms with Gasteiger partial charge in [0, 0.05) is 24.4 Å². The fourth-order valence-corrected chi connectivity index (χ4v) is 2.44. The summed E-state index contributed by atoms with van der Waals surface area (Å²) in [6.45, 7) is 1.99. The van der Waals surface area contributed by atoms with Crippen molar-refractivity contribution < 1.29 is 14.6 Å². The van der Waals surface area contributed by atoms with Gasteiger partial charge in [0.1, 0.15) is 17.0 Å². The normalized spacial score (nSPS) is 12.1. The molecule has 24 heavy (non-hydrogen) atoms. The van der Waals surface area contributed by atoms with Gasteiger partial charge in [-0.2, -0.15) is 5.10 Å². The Bertz CT molecular complexity index is 883. The number of ether oxygens (including phenoxy) is 1. The number of nitrogens with zero attached hydrogens (tertiary/aromatic N) is 5. The van der Waals surface area contributed by atoms with Crippen LogP contribution in [0, 0.1) is 0 Å². The molecule has 0 radical (unpaired) electrons. The van der Waals surface area contributed by atoms with E-state index < -0.39 is 5.97 Å². The van der Waals surface area contributed by atoms with E-state index in [2.05, 4.69) is 15.4 Å². The van der Waals surface area contributed by atoms with Gasteiger partial charge in [0.2, 0.25) is 0 Å². The fraction of sp³-hybridized carbons (Fsp3) is 0.250. The molecule has 0 aliphatic heterocycles. The quantitative estimate of drug-likeness (QED) is 0.770. The third-order valence-corrected chi connectivity index (χ3v) is 3.84. The monoisotopic (exact) mass is 327 g/mol. The molecule has 0 saturated carbocycles. The van der Waals surface area contributed by atoms with Gasteiger partial charge < -0.3 is 9.84 Å². The lowest BCUT2D eigenvalue weighted by Crippen LogP contribution is -2.06. The predicted octanol–water partition coefficient (Wildman–Crippen LogP) is 1.99. The first-order chi connectivity index (χ1) is 11.5. The minimum absolute atomic E-state index is 0.0304. The van der Waals surface area contributed by atoms with Crippen LogP contribution in [0.25, 0.3) is 11.3 Å². The maximum absolute atomic E-state index is 11.3. The first-order valence-electron chi connectivity index (χ1n) is 7.31. The second-order valence-electron chi connectivity index (χ2n) is 5.43. The number of aromatic nitrogens is 5. The molecule has 124 valence electrons. The van der Waals surface area contributed by atoms with Crippen LogP contribution in [-0.2, 0) is 7.05 Å². The summed E-state index contributed by atoms with van der Waals surface area (Å²) < 4.78 is 8.52. The fourth-order valence-electron chi connectivity index (χ4n) is 2.44. The number of benzene rings is 1. The summed E-state index contributed by atoms with van der Waals surface area (Å²) in [4.78, 5) is 11.3. The maximum atomic E-state index is 11.3. The summed E-state index contributed by atoms with van der Waals surface area (Å²) in [5.74, 6) is -0.743. The lowest BCUT2D eigenvalue weighted by Gasteiger charge is -2.08. The number of methoxy groups -OCH3 is 1. The molecule has 1 aromatic carbocycles. The molecule has 8 heteroatoms. The van der Waals surface area contributed by atoms with Crippen molar-refractivity contribution in [3.8, 4) is 17.0 Å². The molecular weight excluding hydrogens is 310 g/mol. The standard InChI is InChI=1S/C16H17N5O3/c1-10(12-7-17-20(2)8-12)21-9-14(18-19-21)11-4-5-15(24-3)13(6-11)16(22)23/h4-10H,1-3H3,(H,22,23). The molecule has 1 atom stereocenters. The van der Waals surface area contributed by atoms with E-state index in [-0.39, 0.29) is 11.6 Å². The zero-order valence-corrected chi connectivity index (χ0v) is 13.5. The summed E-state index contributed by atoms with van der Waals surface area (Å²) in [6, 6.07) is 4.87. The van der Waals surface area contributed by atoms with Crippen LogP contribution in [0.1, 0.15) is 28.9 Å². The van der Waals surface area contributed by atoms with Crippen LogP contribution in [0.15, 0.2) is 36.8 Å². The van der Waals surface area contributed by atoms with Crippen LogP contribution in [-0.4, -0.2) is 43.0 Å². The van der Waals surface area contributed by atoms with E-state index in [0.29, 0.717) is 17.0 Å². The Kier molecular flexibility index (Phi) is 4.03. The number of hydrogen-bond donors (Lipinski definition) is 1. The van der Waals surface area contributed by atoms with Crippen molar-refractivity contribution in [2.45, 2.75) is 13.0 Å². The summed E-state index contributed by atoms with van der Waals surface area (Å²) in [5.41, 5.74) is 2.36. The number of carbonyl (C=O) groups is 1. The van der Waals surface area contributed by atoms with Gasteiger partial charge in [-0.3, -0.25) is 4.68 Å². The van der Waals surface area contributed by atoms with Gasteiger partial charge >= 0.3 is 5.97 Å². The molecule has 2 heterocycles. The Morgan fingerprint density at radius 2 is 2.12 bits per heavy atom. The molecule has 0 spiro atoms. The number of carboxylic acids is 1. The second kappa shape index (κ2) is 6.15. The van der Waals surface area contributed by atoms with Crippen molar-refractivity contribution in [1.82, 2.24) is 24.8 Å². The van der Waals surface area contributed by atoms with E-state index in [1.165, 1.54) is 13.2 Å². The Morgan fingerprint density at radius 1 is 1.33 bits per heavy atom. The van der Waals surface area contributed by atoms with Gasteiger partial charge in [-0.1, -0.05) is 5.21 Å². The van der Waals surface area contributed by atoms with Crippen LogP contribution in [0.5, 0.6) is 5.75 Å². The molecule has 3 aromatic rings. The number of aryl methyl sites for hydroxylation is 1. The zero-order valence-electron chi connectivity index (χ0n) is 13.5. The molecule has 1 unspecified atom stereocenters. The second-order valence-corrected chi connectivity index (χ2v) is 5.43. The summed E-state index contributed by atoms with van der Waals surface area (Å²) >= 11 is 0. The highest BCUT2D eigenvalue weighted by atomic mass is 16.5. The van der Waals surface area contributed by atoms with Gasteiger partial charge in [0.05, 0.1) is 25.5 Å². The molecule has 0 amide bonds. The lowest BCUT2D eigenvalue weighted by atomic mass is 10.1. The number of carboxylic acid groups (broad SMARTS) is 1. The Balaban J connectivity index is 1.93. The van der Waals surface area contributed by atoms with E-state index in [9.17, 15) is 9.90 Å². The van der Waals surface area contributed by atoms with Crippen molar-refractivity contribution in [3.05, 3.63) is 47.9 Å². The van der Waals surface area contributed by atoms with Crippen molar-refractivity contribution in [2.24, 2.45) is 7.05 Å². The van der Waals surface area contributed by atoms with Crippen LogP contribution in [0.3, 0.4) is 0 Å². The topological polar surface area (TPSA) is 95.1 Å². The highest BCUT2D eigenvalue weighted by Gasteiger charge is 2.16. The molecule has 8 nitrogen and oxygen atoms in total. The summed E-state index contributed by atoms with van der Waals surface area (Å²) in [5, 5.41) is 21.7. The SMILES string of the molecule is COc1ccc(-c2cn(C(C)c3cnn(C)c3)nn2)cc1C(=O)O. The average molecular weight is 327 g/mol. The predicted molar refractivity (Wildman–Crippen MR) is 86.0 cm³/mol. The van der Waals surface area contributed by atoms with Crippen LogP contribution < -0.4 is 4.74 Å². The smallest absolute Gasteiger partial charge is 0.339 e. The van der Waals surface area contributed by atoms with Gasteiger partial charge in [-0.25, -0.2) is 9.48 Å². The molecule has 0 bridgehead atoms. The first-order valence-corrected chi connectivity index (χ1v) is 7.31. The van der Waals surface area contributed by atoms with Crippen LogP contribution in [0.2, 0.25) is 0 Å². The van der Waals surface area contributed by atoms with E-state index in [4.69, 9.17) is 4.74 Å². The van der Waals surface area contributed by atoms with E-state index >= 15 is 0 Å². The van der Waals surface area contributed by atoms with E-state index in [0.717, 1.165) is 5.56 Å². The van der Waals surface area contributed by atoms with E-state index in [1.54, 1.807) is 33.9 Å². The zero-order chi connectivity index (χ0) is 17.3. The highest BCUT2D eigenvalue weighted by molar-refractivity contribution is 5.92. The molecule has 1 N–H and O–H groups in total. The van der Waals surface area contributed by atoms with Crippen molar-refractivity contribution in [3.63, 3.8) is 0 Å². The summed E-state index contributed by atoms with van der Waals surface area (Å²) in [6.07, 6.45) is 5.48. The van der Waals surface area contributed by atoms with Crippen molar-refractivity contribution in [1.29, 1.82) is 0 Å². The Hall–Kier alpha value is -3.16. The molecule has 0 aliphatic carbocycles. The molecule has 0 saturated heterocycles. The largest absolute Gasteiger partial charge is 0.496 e. The van der Waals surface area contributed by atoms with Crippen molar-refractivity contribution >= 4 is 5.97 Å². The molecular formula is C16H17N5O3. The lowest BCUT2D eigenvalue weighted by molar-refractivity contribution is 0.0693. The highest BCUT2D eigenvalue weighted by Crippen LogP contribution is 2.26. The van der Waals surface area contributed by atoms with E-state index in [1.807, 2.05) is 20.2 Å². The maximum Gasteiger partial charge on any atom is 0.339 e. The Labute approximate surface area is 138 Å². The van der Waals surface area contributed by atoms with Crippen molar-refractivity contribution in [2.75, 3.05) is 7.11 Å². The number of rotatable bonds is 5. The molecule has 0 aliphatic rings.